The molecule has 0 aliphatic heterocycles. The molecule has 0 saturated carbocycles. The normalized spacial score (nSPS) is 11.3. The van der Waals surface area contributed by atoms with Gasteiger partial charge in [-0.2, -0.15) is 0 Å². The first-order valence-electron chi connectivity index (χ1n) is 9.79. The molecule has 0 bridgehead atoms. The van der Waals surface area contributed by atoms with Gasteiger partial charge in [0.1, 0.15) is 11.5 Å². The van der Waals surface area contributed by atoms with E-state index in [1.807, 2.05) is 13.8 Å². The van der Waals surface area contributed by atoms with Crippen molar-refractivity contribution in [3.8, 4) is 11.5 Å². The summed E-state index contributed by atoms with van der Waals surface area (Å²) >= 11 is 12.1. The molecule has 1 amide bonds. The predicted octanol–water partition coefficient (Wildman–Crippen LogP) is 5.97. The highest BCUT2D eigenvalue weighted by molar-refractivity contribution is 7.92. The fourth-order valence-corrected chi connectivity index (χ4v) is 4.16. The molecule has 0 fully saturated rings. The van der Waals surface area contributed by atoms with Crippen LogP contribution in [0.4, 0.5) is 5.69 Å². The highest BCUT2D eigenvalue weighted by atomic mass is 35.5. The molecule has 0 aliphatic rings. The molecule has 3 aromatic rings. The fourth-order valence-electron chi connectivity index (χ4n) is 2.73. The van der Waals surface area contributed by atoms with Gasteiger partial charge in [0.15, 0.2) is 0 Å². The Bertz CT molecular complexity index is 1210. The van der Waals surface area contributed by atoms with Crippen LogP contribution >= 0.6 is 23.2 Å². The first-order valence-corrected chi connectivity index (χ1v) is 12.0. The molecule has 2 N–H and O–H groups in total. The molecule has 0 atom stereocenters. The monoisotopic (exact) mass is 492 g/mol. The Balaban J connectivity index is 1.80. The summed E-state index contributed by atoms with van der Waals surface area (Å²) in [5.74, 6) is 0.713. The van der Waals surface area contributed by atoms with Crippen LogP contribution in [-0.4, -0.2) is 20.9 Å². The van der Waals surface area contributed by atoms with Crippen LogP contribution in [0.5, 0.6) is 11.5 Å². The standard InChI is InChI=1S/C23H22Cl2N2O4S/c1-15(2)14-26-23(28)19-13-16(24)7-12-21(19)27-32(29,30)18-10-8-17(9-11-18)31-22-6-4-3-5-20(22)25/h3-13,15,27H,14H2,1-2H3,(H,26,28). The Morgan fingerprint density at radius 1 is 1.00 bits per heavy atom. The lowest BCUT2D eigenvalue weighted by Gasteiger charge is -2.14. The molecule has 3 aromatic carbocycles. The summed E-state index contributed by atoms with van der Waals surface area (Å²) in [5.41, 5.74) is 0.271. The van der Waals surface area contributed by atoms with Gasteiger partial charge >= 0.3 is 0 Å². The summed E-state index contributed by atoms with van der Waals surface area (Å²) in [6, 6.07) is 17.2. The largest absolute Gasteiger partial charge is 0.456 e. The second-order valence-corrected chi connectivity index (χ2v) is 9.93. The summed E-state index contributed by atoms with van der Waals surface area (Å²) in [6.45, 7) is 4.37. The number of carbonyl (C=O) groups is 1. The van der Waals surface area contributed by atoms with Crippen molar-refractivity contribution in [2.24, 2.45) is 5.92 Å². The molecule has 32 heavy (non-hydrogen) atoms. The van der Waals surface area contributed by atoms with Crippen molar-refractivity contribution < 1.29 is 17.9 Å². The maximum atomic E-state index is 12.9. The summed E-state index contributed by atoms with van der Waals surface area (Å²) in [6.07, 6.45) is 0. The van der Waals surface area contributed by atoms with Crippen molar-refractivity contribution >= 4 is 44.8 Å². The van der Waals surface area contributed by atoms with Crippen LogP contribution in [0.2, 0.25) is 10.0 Å². The van der Waals surface area contributed by atoms with Crippen molar-refractivity contribution in [3.63, 3.8) is 0 Å². The molecule has 0 unspecified atom stereocenters. The number of ether oxygens (including phenoxy) is 1. The Kier molecular flexibility index (Phi) is 7.66. The van der Waals surface area contributed by atoms with E-state index >= 15 is 0 Å². The second kappa shape index (κ2) is 10.3. The first kappa shape index (κ1) is 23.9. The van der Waals surface area contributed by atoms with E-state index < -0.39 is 15.9 Å². The zero-order valence-corrected chi connectivity index (χ0v) is 19.8. The third kappa shape index (κ3) is 6.16. The molecule has 0 heterocycles. The first-order chi connectivity index (χ1) is 15.2. The zero-order chi connectivity index (χ0) is 23.3. The number of hydrogen-bond donors (Lipinski definition) is 2. The van der Waals surface area contributed by atoms with Gasteiger partial charge in [-0.1, -0.05) is 49.2 Å². The second-order valence-electron chi connectivity index (χ2n) is 7.40. The van der Waals surface area contributed by atoms with Crippen molar-refractivity contribution in [1.82, 2.24) is 5.32 Å². The lowest BCUT2D eigenvalue weighted by atomic mass is 10.1. The van der Waals surface area contributed by atoms with Gasteiger partial charge in [-0.05, 0) is 60.5 Å². The number of carbonyl (C=O) groups excluding carboxylic acids is 1. The van der Waals surface area contributed by atoms with E-state index in [-0.39, 0.29) is 22.1 Å². The van der Waals surface area contributed by atoms with Crippen molar-refractivity contribution in [1.29, 1.82) is 0 Å². The molecule has 6 nitrogen and oxygen atoms in total. The molecule has 0 aliphatic carbocycles. The fraction of sp³-hybridized carbons (Fsp3) is 0.174. The Morgan fingerprint density at radius 3 is 2.34 bits per heavy atom. The van der Waals surface area contributed by atoms with Gasteiger partial charge in [0.25, 0.3) is 15.9 Å². The maximum absolute atomic E-state index is 12.9. The van der Waals surface area contributed by atoms with E-state index in [9.17, 15) is 13.2 Å². The zero-order valence-electron chi connectivity index (χ0n) is 17.4. The number of sulfonamides is 1. The van der Waals surface area contributed by atoms with Crippen LogP contribution in [0.25, 0.3) is 0 Å². The maximum Gasteiger partial charge on any atom is 0.261 e. The molecular formula is C23H22Cl2N2O4S. The lowest BCUT2D eigenvalue weighted by molar-refractivity contribution is 0.0950. The predicted molar refractivity (Wildman–Crippen MR) is 127 cm³/mol. The lowest BCUT2D eigenvalue weighted by Crippen LogP contribution is -2.28. The van der Waals surface area contributed by atoms with E-state index in [4.69, 9.17) is 27.9 Å². The minimum Gasteiger partial charge on any atom is -0.456 e. The van der Waals surface area contributed by atoms with Crippen LogP contribution < -0.4 is 14.8 Å². The highest BCUT2D eigenvalue weighted by Gasteiger charge is 2.20. The van der Waals surface area contributed by atoms with E-state index in [1.54, 1.807) is 24.3 Å². The van der Waals surface area contributed by atoms with E-state index in [1.165, 1.54) is 42.5 Å². The quantitative estimate of drug-likeness (QED) is 0.405. The van der Waals surface area contributed by atoms with E-state index in [0.29, 0.717) is 28.1 Å². The van der Waals surface area contributed by atoms with Gasteiger partial charge in [0.2, 0.25) is 0 Å². The smallest absolute Gasteiger partial charge is 0.261 e. The molecule has 0 radical (unpaired) electrons. The number of amides is 1. The topological polar surface area (TPSA) is 84.5 Å². The molecule has 3 rings (SSSR count). The minimum atomic E-state index is -3.97. The molecule has 168 valence electrons. The van der Waals surface area contributed by atoms with Crippen molar-refractivity contribution in [3.05, 3.63) is 82.3 Å². The molecule has 0 aromatic heterocycles. The Labute approximate surface area is 197 Å². The van der Waals surface area contributed by atoms with Gasteiger partial charge in [0.05, 0.1) is 21.2 Å². The van der Waals surface area contributed by atoms with Crippen molar-refractivity contribution in [2.75, 3.05) is 11.3 Å². The third-order valence-electron chi connectivity index (χ3n) is 4.34. The number of anilines is 1. The van der Waals surface area contributed by atoms with Crippen LogP contribution in [0, 0.1) is 5.92 Å². The van der Waals surface area contributed by atoms with Gasteiger partial charge in [-0.25, -0.2) is 8.42 Å². The molecule has 0 saturated heterocycles. The summed E-state index contributed by atoms with van der Waals surface area (Å²) in [7, 11) is -3.97. The average Bonchev–Trinajstić information content (AvgIpc) is 2.75. The van der Waals surface area contributed by atoms with Crippen LogP contribution in [0.1, 0.15) is 24.2 Å². The summed E-state index contributed by atoms with van der Waals surface area (Å²) in [4.78, 5) is 12.6. The highest BCUT2D eigenvalue weighted by Crippen LogP contribution is 2.30. The van der Waals surface area contributed by atoms with Crippen molar-refractivity contribution in [2.45, 2.75) is 18.7 Å². The summed E-state index contributed by atoms with van der Waals surface area (Å²) in [5, 5.41) is 3.53. The third-order valence-corrected chi connectivity index (χ3v) is 6.27. The number of para-hydroxylation sites is 1. The minimum absolute atomic E-state index is 0.00694. The number of benzene rings is 3. The molecular weight excluding hydrogens is 471 g/mol. The van der Waals surface area contributed by atoms with Crippen LogP contribution in [-0.2, 0) is 10.0 Å². The number of nitrogens with one attached hydrogen (secondary N) is 2. The molecule has 0 spiro atoms. The number of halogens is 2. The number of rotatable bonds is 8. The Hall–Kier alpha value is -2.74. The van der Waals surface area contributed by atoms with E-state index in [0.717, 1.165) is 0 Å². The Morgan fingerprint density at radius 2 is 1.69 bits per heavy atom. The molecule has 9 heteroatoms. The average molecular weight is 493 g/mol. The summed E-state index contributed by atoms with van der Waals surface area (Å²) < 4.78 is 34.0. The van der Waals surface area contributed by atoms with E-state index in [2.05, 4.69) is 10.0 Å². The van der Waals surface area contributed by atoms with Crippen LogP contribution in [0.15, 0.2) is 71.6 Å². The van der Waals surface area contributed by atoms with Gasteiger partial charge in [0, 0.05) is 11.6 Å². The van der Waals surface area contributed by atoms with Gasteiger partial charge in [-0.15, -0.1) is 0 Å². The van der Waals surface area contributed by atoms with Crippen LogP contribution in [0.3, 0.4) is 0 Å². The number of hydrogen-bond acceptors (Lipinski definition) is 4. The SMILES string of the molecule is CC(C)CNC(=O)c1cc(Cl)ccc1NS(=O)(=O)c1ccc(Oc2ccccc2Cl)cc1. The van der Waals surface area contributed by atoms with Gasteiger partial charge < -0.3 is 10.1 Å². The van der Waals surface area contributed by atoms with Gasteiger partial charge in [-0.3, -0.25) is 9.52 Å².